The third kappa shape index (κ3) is 4.44. The lowest BCUT2D eigenvalue weighted by Gasteiger charge is -2.18. The van der Waals surface area contributed by atoms with Gasteiger partial charge in [0.2, 0.25) is 0 Å². The van der Waals surface area contributed by atoms with Crippen LogP contribution >= 0.6 is 11.6 Å². The zero-order valence-electron chi connectivity index (χ0n) is 9.91. The highest BCUT2D eigenvalue weighted by Gasteiger charge is 2.23. The molecule has 0 spiro atoms. The number of rotatable bonds is 1. The summed E-state index contributed by atoms with van der Waals surface area (Å²) in [6.07, 6.45) is 0. The lowest BCUT2D eigenvalue weighted by Crippen LogP contribution is -2.32. The first-order valence-corrected chi connectivity index (χ1v) is 5.46. The van der Waals surface area contributed by atoms with E-state index in [2.05, 4.69) is 5.32 Å². The van der Waals surface area contributed by atoms with Crippen LogP contribution in [0.3, 0.4) is 0 Å². The number of hydrogen-bond acceptors (Lipinski definition) is 3. The molecule has 0 saturated carbocycles. The molecule has 0 bridgehead atoms. The molecule has 1 amide bonds. The van der Waals surface area contributed by atoms with Gasteiger partial charge in [0.25, 0.3) is 0 Å². The van der Waals surface area contributed by atoms with E-state index in [0.29, 0.717) is 10.7 Å². The van der Waals surface area contributed by atoms with Gasteiger partial charge in [-0.3, -0.25) is 4.79 Å². The average molecular weight is 256 g/mol. The SMILES string of the molecule is CC(C)(C)OC(=O)C(=O)Nc1ccccc1Cl. The van der Waals surface area contributed by atoms with Crippen LogP contribution in [-0.4, -0.2) is 17.5 Å². The van der Waals surface area contributed by atoms with Crippen molar-refractivity contribution in [3.05, 3.63) is 29.3 Å². The Morgan fingerprint density at radius 1 is 1.24 bits per heavy atom. The zero-order valence-corrected chi connectivity index (χ0v) is 10.7. The normalized spacial score (nSPS) is 10.8. The van der Waals surface area contributed by atoms with Gasteiger partial charge < -0.3 is 10.1 Å². The molecule has 0 unspecified atom stereocenters. The molecule has 0 saturated heterocycles. The molecule has 1 N–H and O–H groups in total. The Hall–Kier alpha value is -1.55. The number of para-hydroxylation sites is 1. The van der Waals surface area contributed by atoms with E-state index in [0.717, 1.165) is 0 Å². The molecule has 92 valence electrons. The third-order valence-electron chi connectivity index (χ3n) is 1.71. The number of carbonyl (C=O) groups excluding carboxylic acids is 2. The summed E-state index contributed by atoms with van der Waals surface area (Å²) in [5.74, 6) is -1.77. The Bertz CT molecular complexity index is 438. The van der Waals surface area contributed by atoms with Crippen molar-refractivity contribution in [1.82, 2.24) is 0 Å². The molecule has 0 heterocycles. The van der Waals surface area contributed by atoms with E-state index in [-0.39, 0.29) is 0 Å². The summed E-state index contributed by atoms with van der Waals surface area (Å²) in [4.78, 5) is 22.9. The van der Waals surface area contributed by atoms with Crippen molar-refractivity contribution >= 4 is 29.2 Å². The number of carbonyl (C=O) groups is 2. The molecule has 1 aromatic carbocycles. The molecule has 0 atom stereocenters. The van der Waals surface area contributed by atoms with Crippen molar-refractivity contribution in [2.45, 2.75) is 26.4 Å². The number of amides is 1. The number of ether oxygens (including phenoxy) is 1. The summed E-state index contributed by atoms with van der Waals surface area (Å²) in [7, 11) is 0. The van der Waals surface area contributed by atoms with Crippen LogP contribution in [0.5, 0.6) is 0 Å². The highest BCUT2D eigenvalue weighted by molar-refractivity contribution is 6.39. The molecule has 0 aliphatic rings. The molecule has 0 radical (unpaired) electrons. The highest BCUT2D eigenvalue weighted by atomic mass is 35.5. The van der Waals surface area contributed by atoms with Crippen molar-refractivity contribution in [2.75, 3.05) is 5.32 Å². The van der Waals surface area contributed by atoms with Crippen LogP contribution < -0.4 is 5.32 Å². The number of nitrogens with one attached hydrogen (secondary N) is 1. The number of hydrogen-bond donors (Lipinski definition) is 1. The van der Waals surface area contributed by atoms with E-state index in [1.807, 2.05) is 0 Å². The first-order chi connectivity index (χ1) is 7.79. The second kappa shape index (κ2) is 5.19. The molecule has 0 aliphatic carbocycles. The van der Waals surface area contributed by atoms with Crippen LogP contribution in [-0.2, 0) is 14.3 Å². The van der Waals surface area contributed by atoms with Crippen LogP contribution in [0.1, 0.15) is 20.8 Å². The van der Waals surface area contributed by atoms with Crippen LogP contribution in [0.15, 0.2) is 24.3 Å². The molecule has 1 rings (SSSR count). The highest BCUT2D eigenvalue weighted by Crippen LogP contribution is 2.20. The van der Waals surface area contributed by atoms with Crippen molar-refractivity contribution in [2.24, 2.45) is 0 Å². The summed E-state index contributed by atoms with van der Waals surface area (Å²) >= 11 is 5.84. The summed E-state index contributed by atoms with van der Waals surface area (Å²) in [5, 5.41) is 2.75. The largest absolute Gasteiger partial charge is 0.453 e. The lowest BCUT2D eigenvalue weighted by molar-refractivity contribution is -0.161. The number of anilines is 1. The maximum absolute atomic E-state index is 11.5. The van der Waals surface area contributed by atoms with Gasteiger partial charge in [0, 0.05) is 0 Å². The minimum atomic E-state index is -0.933. The van der Waals surface area contributed by atoms with Gasteiger partial charge in [-0.05, 0) is 32.9 Å². The quantitative estimate of drug-likeness (QED) is 0.620. The smallest absolute Gasteiger partial charge is 0.397 e. The maximum atomic E-state index is 11.5. The van der Waals surface area contributed by atoms with Gasteiger partial charge in [0.1, 0.15) is 5.60 Å². The van der Waals surface area contributed by atoms with Gasteiger partial charge in [-0.2, -0.15) is 0 Å². The van der Waals surface area contributed by atoms with E-state index in [9.17, 15) is 9.59 Å². The number of benzene rings is 1. The van der Waals surface area contributed by atoms with Crippen molar-refractivity contribution in [1.29, 1.82) is 0 Å². The van der Waals surface area contributed by atoms with E-state index in [1.165, 1.54) is 0 Å². The minimum Gasteiger partial charge on any atom is -0.453 e. The third-order valence-corrected chi connectivity index (χ3v) is 2.04. The summed E-state index contributed by atoms with van der Waals surface area (Å²) in [6.45, 7) is 5.06. The van der Waals surface area contributed by atoms with Gasteiger partial charge in [0.15, 0.2) is 0 Å². The van der Waals surface area contributed by atoms with Crippen molar-refractivity contribution in [3.63, 3.8) is 0 Å². The van der Waals surface area contributed by atoms with Crippen LogP contribution in [0.4, 0.5) is 5.69 Å². The average Bonchev–Trinajstić information content (AvgIpc) is 2.18. The van der Waals surface area contributed by atoms with E-state index >= 15 is 0 Å². The Kier molecular flexibility index (Phi) is 4.12. The summed E-state index contributed by atoms with van der Waals surface area (Å²) < 4.78 is 4.92. The predicted molar refractivity (Wildman–Crippen MR) is 65.9 cm³/mol. The van der Waals surface area contributed by atoms with Gasteiger partial charge in [-0.1, -0.05) is 23.7 Å². The van der Waals surface area contributed by atoms with Crippen LogP contribution in [0, 0.1) is 0 Å². The van der Waals surface area contributed by atoms with Crippen LogP contribution in [0.2, 0.25) is 5.02 Å². The maximum Gasteiger partial charge on any atom is 0.397 e. The fraction of sp³-hybridized carbons (Fsp3) is 0.333. The fourth-order valence-electron chi connectivity index (χ4n) is 1.06. The molecule has 5 heteroatoms. The monoisotopic (exact) mass is 255 g/mol. The van der Waals surface area contributed by atoms with E-state index < -0.39 is 17.5 Å². The van der Waals surface area contributed by atoms with Crippen molar-refractivity contribution < 1.29 is 14.3 Å². The van der Waals surface area contributed by atoms with Crippen molar-refractivity contribution in [3.8, 4) is 0 Å². The predicted octanol–water partition coefficient (Wildman–Crippen LogP) is 2.62. The first-order valence-electron chi connectivity index (χ1n) is 5.08. The topological polar surface area (TPSA) is 55.4 Å². The van der Waals surface area contributed by atoms with E-state index in [1.54, 1.807) is 45.0 Å². The van der Waals surface area contributed by atoms with Crippen LogP contribution in [0.25, 0.3) is 0 Å². The Morgan fingerprint density at radius 3 is 2.35 bits per heavy atom. The zero-order chi connectivity index (χ0) is 13.1. The molecule has 0 aliphatic heterocycles. The number of esters is 1. The van der Waals surface area contributed by atoms with Gasteiger partial charge in [-0.15, -0.1) is 0 Å². The molecular weight excluding hydrogens is 242 g/mol. The first kappa shape index (κ1) is 13.5. The van der Waals surface area contributed by atoms with Gasteiger partial charge in [0.05, 0.1) is 10.7 Å². The standard InChI is InChI=1S/C12H14ClNO3/c1-12(2,3)17-11(16)10(15)14-9-7-5-4-6-8(9)13/h4-7H,1-3H3,(H,14,15). The molecule has 0 aromatic heterocycles. The van der Waals surface area contributed by atoms with E-state index in [4.69, 9.17) is 16.3 Å². The minimum absolute atomic E-state index is 0.365. The van der Waals surface area contributed by atoms with Gasteiger partial charge >= 0.3 is 11.9 Å². The Morgan fingerprint density at radius 2 is 1.82 bits per heavy atom. The Labute approximate surface area is 105 Å². The van der Waals surface area contributed by atoms with Gasteiger partial charge in [-0.25, -0.2) is 4.79 Å². The molecule has 4 nitrogen and oxygen atoms in total. The summed E-state index contributed by atoms with van der Waals surface area (Å²) in [5.41, 5.74) is -0.320. The summed E-state index contributed by atoms with van der Waals surface area (Å²) in [6, 6.07) is 6.65. The molecule has 1 aromatic rings. The fourth-order valence-corrected chi connectivity index (χ4v) is 1.24. The lowest BCUT2D eigenvalue weighted by atomic mass is 10.2. The second-order valence-electron chi connectivity index (χ2n) is 4.44. The Balaban J connectivity index is 2.68. The molecule has 0 fully saturated rings. The second-order valence-corrected chi connectivity index (χ2v) is 4.84. The molecular formula is C12H14ClNO3. The number of halogens is 1. The molecule has 17 heavy (non-hydrogen) atoms.